The van der Waals surface area contributed by atoms with E-state index >= 15 is 0 Å². The van der Waals surface area contributed by atoms with Gasteiger partial charge in [0.05, 0.1) is 17.6 Å². The number of ether oxygens (including phenoxy) is 1. The molecular formula is C13H17N3O2. The summed E-state index contributed by atoms with van der Waals surface area (Å²) in [5.74, 6) is 0.775. The SMILES string of the molecule is Cn1c(NCC2(O)CCOC2)nc2ccccc21. The number of para-hydroxylation sites is 2. The fourth-order valence-electron chi connectivity index (χ4n) is 2.28. The number of hydrogen-bond donors (Lipinski definition) is 2. The highest BCUT2D eigenvalue weighted by atomic mass is 16.5. The fourth-order valence-corrected chi connectivity index (χ4v) is 2.28. The molecule has 0 saturated carbocycles. The summed E-state index contributed by atoms with van der Waals surface area (Å²) in [6.07, 6.45) is 0.671. The van der Waals surface area contributed by atoms with Gasteiger partial charge in [-0.25, -0.2) is 4.98 Å². The van der Waals surface area contributed by atoms with E-state index in [1.54, 1.807) is 0 Å². The van der Waals surface area contributed by atoms with Gasteiger partial charge in [-0.15, -0.1) is 0 Å². The van der Waals surface area contributed by atoms with Gasteiger partial charge < -0.3 is 19.7 Å². The van der Waals surface area contributed by atoms with Crippen LogP contribution in [0, 0.1) is 0 Å². The van der Waals surface area contributed by atoms with Crippen molar-refractivity contribution in [2.24, 2.45) is 7.05 Å². The third-order valence-corrected chi connectivity index (χ3v) is 3.45. The molecule has 0 amide bonds. The average molecular weight is 247 g/mol. The van der Waals surface area contributed by atoms with Crippen molar-refractivity contribution in [1.29, 1.82) is 0 Å². The molecule has 1 saturated heterocycles. The predicted molar refractivity (Wildman–Crippen MR) is 69.6 cm³/mol. The van der Waals surface area contributed by atoms with Gasteiger partial charge in [0.25, 0.3) is 0 Å². The van der Waals surface area contributed by atoms with Crippen molar-refractivity contribution < 1.29 is 9.84 Å². The first-order chi connectivity index (χ1) is 8.68. The maximum absolute atomic E-state index is 10.2. The number of fused-ring (bicyclic) bond motifs is 1. The molecule has 5 heteroatoms. The lowest BCUT2D eigenvalue weighted by Crippen LogP contribution is -2.37. The standard InChI is InChI=1S/C13H17N3O2/c1-16-11-5-3-2-4-10(11)15-12(16)14-8-13(17)6-7-18-9-13/h2-5,17H,6-9H2,1H3,(H,14,15). The molecule has 1 aromatic carbocycles. The van der Waals surface area contributed by atoms with Crippen molar-refractivity contribution in [2.75, 3.05) is 25.1 Å². The van der Waals surface area contributed by atoms with Gasteiger partial charge in [0.15, 0.2) is 0 Å². The van der Waals surface area contributed by atoms with E-state index in [1.165, 1.54) is 0 Å². The van der Waals surface area contributed by atoms with Gasteiger partial charge >= 0.3 is 0 Å². The van der Waals surface area contributed by atoms with E-state index < -0.39 is 5.60 Å². The van der Waals surface area contributed by atoms with E-state index in [9.17, 15) is 5.11 Å². The summed E-state index contributed by atoms with van der Waals surface area (Å²) in [5.41, 5.74) is 1.27. The number of hydrogen-bond acceptors (Lipinski definition) is 4. The minimum absolute atomic E-state index is 0.393. The summed E-state index contributed by atoms with van der Waals surface area (Å²) < 4.78 is 7.22. The lowest BCUT2D eigenvalue weighted by atomic mass is 10.0. The Hall–Kier alpha value is -1.59. The third kappa shape index (κ3) is 1.95. The Balaban J connectivity index is 1.80. The van der Waals surface area contributed by atoms with E-state index in [0.717, 1.165) is 17.0 Å². The number of imidazole rings is 1. The Bertz CT molecular complexity index is 558. The molecule has 2 N–H and O–H groups in total. The molecule has 18 heavy (non-hydrogen) atoms. The van der Waals surface area contributed by atoms with Crippen LogP contribution in [0.15, 0.2) is 24.3 Å². The first-order valence-electron chi connectivity index (χ1n) is 6.13. The maximum Gasteiger partial charge on any atom is 0.203 e. The van der Waals surface area contributed by atoms with Gasteiger partial charge in [-0.3, -0.25) is 0 Å². The van der Waals surface area contributed by atoms with Gasteiger partial charge in [0.2, 0.25) is 5.95 Å². The normalized spacial score (nSPS) is 23.7. The second-order valence-electron chi connectivity index (χ2n) is 4.86. The smallest absolute Gasteiger partial charge is 0.203 e. The monoisotopic (exact) mass is 247 g/mol. The van der Waals surface area contributed by atoms with E-state index in [1.807, 2.05) is 35.9 Å². The van der Waals surface area contributed by atoms with Crippen LogP contribution in [0.4, 0.5) is 5.95 Å². The molecule has 0 spiro atoms. The Labute approximate surface area is 105 Å². The molecule has 5 nitrogen and oxygen atoms in total. The summed E-state index contributed by atoms with van der Waals surface area (Å²) in [5, 5.41) is 13.4. The summed E-state index contributed by atoms with van der Waals surface area (Å²) in [6, 6.07) is 7.97. The summed E-state index contributed by atoms with van der Waals surface area (Å²) in [6.45, 7) is 1.48. The Morgan fingerprint density at radius 1 is 1.50 bits per heavy atom. The van der Waals surface area contributed by atoms with Gasteiger partial charge in [0, 0.05) is 26.6 Å². The van der Waals surface area contributed by atoms with Crippen molar-refractivity contribution in [3.63, 3.8) is 0 Å². The van der Waals surface area contributed by atoms with Crippen molar-refractivity contribution in [3.8, 4) is 0 Å². The minimum Gasteiger partial charge on any atom is -0.386 e. The second-order valence-corrected chi connectivity index (χ2v) is 4.86. The van der Waals surface area contributed by atoms with Gasteiger partial charge in [-0.05, 0) is 12.1 Å². The number of anilines is 1. The van der Waals surface area contributed by atoms with E-state index in [4.69, 9.17) is 4.74 Å². The van der Waals surface area contributed by atoms with Crippen LogP contribution in [0.25, 0.3) is 11.0 Å². The van der Waals surface area contributed by atoms with Crippen LogP contribution in [0.2, 0.25) is 0 Å². The fraction of sp³-hybridized carbons (Fsp3) is 0.462. The number of aryl methyl sites for hydroxylation is 1. The highest BCUT2D eigenvalue weighted by Crippen LogP contribution is 2.21. The first kappa shape index (κ1) is 11.5. The maximum atomic E-state index is 10.2. The van der Waals surface area contributed by atoms with Crippen LogP contribution in [0.5, 0.6) is 0 Å². The second kappa shape index (κ2) is 4.26. The lowest BCUT2D eigenvalue weighted by molar-refractivity contribution is 0.0380. The zero-order valence-electron chi connectivity index (χ0n) is 10.4. The Morgan fingerprint density at radius 3 is 3.06 bits per heavy atom. The molecule has 1 atom stereocenters. The van der Waals surface area contributed by atoms with Crippen LogP contribution in [0.1, 0.15) is 6.42 Å². The average Bonchev–Trinajstić information content (AvgIpc) is 2.93. The largest absolute Gasteiger partial charge is 0.386 e. The van der Waals surface area contributed by atoms with Crippen molar-refractivity contribution >= 4 is 17.0 Å². The molecule has 2 aromatic rings. The van der Waals surface area contributed by atoms with Crippen LogP contribution in [0.3, 0.4) is 0 Å². The molecule has 96 valence electrons. The quantitative estimate of drug-likeness (QED) is 0.854. The zero-order valence-corrected chi connectivity index (χ0v) is 10.4. The zero-order chi connectivity index (χ0) is 12.6. The Kier molecular flexibility index (Phi) is 2.72. The lowest BCUT2D eigenvalue weighted by Gasteiger charge is -2.20. The summed E-state index contributed by atoms with van der Waals surface area (Å²) in [7, 11) is 1.97. The van der Waals surface area contributed by atoms with Crippen molar-refractivity contribution in [3.05, 3.63) is 24.3 Å². The Morgan fingerprint density at radius 2 is 2.33 bits per heavy atom. The number of nitrogens with zero attached hydrogens (tertiary/aromatic N) is 2. The van der Waals surface area contributed by atoms with E-state index in [-0.39, 0.29) is 0 Å². The molecule has 0 radical (unpaired) electrons. The van der Waals surface area contributed by atoms with Gasteiger partial charge in [-0.1, -0.05) is 12.1 Å². The number of rotatable bonds is 3. The number of aromatic nitrogens is 2. The number of benzene rings is 1. The molecule has 1 aliphatic rings. The van der Waals surface area contributed by atoms with Crippen LogP contribution >= 0.6 is 0 Å². The van der Waals surface area contributed by atoms with Crippen molar-refractivity contribution in [2.45, 2.75) is 12.0 Å². The van der Waals surface area contributed by atoms with Gasteiger partial charge in [0.1, 0.15) is 5.60 Å². The topological polar surface area (TPSA) is 59.3 Å². The van der Waals surface area contributed by atoms with Crippen LogP contribution in [-0.2, 0) is 11.8 Å². The van der Waals surface area contributed by atoms with Crippen LogP contribution in [-0.4, -0.2) is 40.0 Å². The third-order valence-electron chi connectivity index (χ3n) is 3.45. The van der Waals surface area contributed by atoms with Crippen molar-refractivity contribution in [1.82, 2.24) is 9.55 Å². The number of nitrogens with one attached hydrogen (secondary N) is 1. The molecule has 1 fully saturated rings. The molecule has 0 bridgehead atoms. The summed E-state index contributed by atoms with van der Waals surface area (Å²) in [4.78, 5) is 4.50. The molecule has 1 aliphatic heterocycles. The highest BCUT2D eigenvalue weighted by Gasteiger charge is 2.32. The van der Waals surface area contributed by atoms with Crippen LogP contribution < -0.4 is 5.32 Å². The number of aliphatic hydroxyl groups is 1. The molecule has 2 heterocycles. The molecule has 1 aromatic heterocycles. The summed E-state index contributed by atoms with van der Waals surface area (Å²) >= 11 is 0. The molecular weight excluding hydrogens is 230 g/mol. The van der Waals surface area contributed by atoms with E-state index in [0.29, 0.717) is 26.2 Å². The molecule has 0 aliphatic carbocycles. The highest BCUT2D eigenvalue weighted by molar-refractivity contribution is 5.78. The first-order valence-corrected chi connectivity index (χ1v) is 6.13. The molecule has 1 unspecified atom stereocenters. The molecule has 3 rings (SSSR count). The minimum atomic E-state index is -0.766. The predicted octanol–water partition coefficient (Wildman–Crippen LogP) is 1.14. The van der Waals surface area contributed by atoms with Gasteiger partial charge in [-0.2, -0.15) is 0 Å². The van der Waals surface area contributed by atoms with E-state index in [2.05, 4.69) is 10.3 Å².